The Morgan fingerprint density at radius 2 is 1.85 bits per heavy atom. The molecule has 140 valence electrons. The molecule has 1 saturated heterocycles. The number of alkyl halides is 3. The van der Waals surface area contributed by atoms with E-state index in [9.17, 15) is 27.6 Å². The first-order chi connectivity index (χ1) is 12.2. The summed E-state index contributed by atoms with van der Waals surface area (Å²) in [6.07, 6.45) is -1.97. The number of carboxylic acid groups (broad SMARTS) is 1. The lowest BCUT2D eigenvalue weighted by atomic mass is 9.86. The van der Waals surface area contributed by atoms with Crippen LogP contribution in [0.25, 0.3) is 0 Å². The van der Waals surface area contributed by atoms with Gasteiger partial charge in [-0.25, -0.2) is 4.79 Å². The van der Waals surface area contributed by atoms with Crippen LogP contribution in [-0.4, -0.2) is 24.3 Å². The molecule has 2 aliphatic heterocycles. The van der Waals surface area contributed by atoms with Gasteiger partial charge in [-0.15, -0.1) is 0 Å². The molecule has 0 radical (unpaired) electrons. The van der Waals surface area contributed by atoms with Gasteiger partial charge in [-0.1, -0.05) is 18.2 Å². The fraction of sp³-hybridized carbons (Fsp3) is 0.312. The summed E-state index contributed by atoms with van der Waals surface area (Å²) in [7, 11) is -3.93. The third-order valence-corrected chi connectivity index (χ3v) is 6.09. The Kier molecular flexibility index (Phi) is 4.96. The van der Waals surface area contributed by atoms with Crippen molar-refractivity contribution in [3.8, 4) is 0 Å². The average molecular weight is 389 g/mol. The molecule has 2 N–H and O–H groups in total. The Bertz CT molecular complexity index is 823. The van der Waals surface area contributed by atoms with Crippen LogP contribution in [0.15, 0.2) is 47.6 Å². The van der Waals surface area contributed by atoms with Gasteiger partial charge in [0.2, 0.25) is 0 Å². The first-order valence-corrected chi connectivity index (χ1v) is 9.23. The molecule has 1 atom stereocenters. The van der Waals surface area contributed by atoms with E-state index in [4.69, 9.17) is 9.05 Å². The quantitative estimate of drug-likeness (QED) is 0.765. The van der Waals surface area contributed by atoms with E-state index in [1.807, 2.05) is 0 Å². The molecule has 1 fully saturated rings. The summed E-state index contributed by atoms with van der Waals surface area (Å²) in [5.41, 5.74) is -1.71. The number of dihydropyridines is 1. The molecule has 0 aliphatic carbocycles. The van der Waals surface area contributed by atoms with Crippen LogP contribution in [0.3, 0.4) is 0 Å². The number of carboxylic acids is 1. The van der Waals surface area contributed by atoms with Crippen molar-refractivity contribution in [2.75, 3.05) is 13.2 Å². The van der Waals surface area contributed by atoms with Crippen LogP contribution in [0.4, 0.5) is 13.2 Å². The molecule has 1 unspecified atom stereocenters. The number of hydrogen-bond acceptors (Lipinski definition) is 5. The summed E-state index contributed by atoms with van der Waals surface area (Å²) in [6.45, 7) is 0.211. The van der Waals surface area contributed by atoms with Crippen molar-refractivity contribution in [2.24, 2.45) is 0 Å². The van der Waals surface area contributed by atoms with E-state index in [1.54, 1.807) is 0 Å². The molecule has 0 amide bonds. The minimum absolute atomic E-state index is 0.106. The first-order valence-electron chi connectivity index (χ1n) is 7.69. The van der Waals surface area contributed by atoms with Crippen molar-refractivity contribution >= 4 is 13.6 Å². The van der Waals surface area contributed by atoms with E-state index >= 15 is 0 Å². The third-order valence-electron chi connectivity index (χ3n) is 4.03. The highest BCUT2D eigenvalue weighted by molar-refractivity contribution is 7.58. The second-order valence-electron chi connectivity index (χ2n) is 5.68. The van der Waals surface area contributed by atoms with Gasteiger partial charge >= 0.3 is 19.7 Å². The van der Waals surface area contributed by atoms with Gasteiger partial charge in [-0.3, -0.25) is 4.57 Å². The number of nitrogens with one attached hydrogen (secondary N) is 1. The molecule has 1 aromatic carbocycles. The molecular formula is C16H15F3NO5P. The number of halogens is 3. The number of allylic oxidation sites excluding steroid dienone is 1. The van der Waals surface area contributed by atoms with Gasteiger partial charge in [0.05, 0.1) is 35.6 Å². The number of carbonyl (C=O) groups is 1. The highest BCUT2D eigenvalue weighted by Crippen LogP contribution is 2.64. The van der Waals surface area contributed by atoms with E-state index in [1.165, 1.54) is 24.4 Å². The molecular weight excluding hydrogens is 374 g/mol. The van der Waals surface area contributed by atoms with Crippen LogP contribution in [0, 0.1) is 0 Å². The molecule has 2 aliphatic rings. The molecule has 6 nitrogen and oxygen atoms in total. The molecule has 26 heavy (non-hydrogen) atoms. The molecule has 1 aromatic rings. The van der Waals surface area contributed by atoms with Gasteiger partial charge in [0, 0.05) is 12.4 Å². The van der Waals surface area contributed by atoms with Gasteiger partial charge in [-0.05, 0) is 18.1 Å². The van der Waals surface area contributed by atoms with Gasteiger partial charge in [0.15, 0.2) is 0 Å². The molecule has 0 spiro atoms. The Balaban J connectivity index is 2.17. The van der Waals surface area contributed by atoms with Gasteiger partial charge in [-0.2, -0.15) is 13.2 Å². The fourth-order valence-corrected chi connectivity index (χ4v) is 4.85. The summed E-state index contributed by atoms with van der Waals surface area (Å²) in [4.78, 5) is 11.6. The zero-order valence-electron chi connectivity index (χ0n) is 13.3. The van der Waals surface area contributed by atoms with E-state index in [0.29, 0.717) is 6.42 Å². The summed E-state index contributed by atoms with van der Waals surface area (Å²) in [5.74, 6) is -2.86. The monoisotopic (exact) mass is 389 g/mol. The lowest BCUT2D eigenvalue weighted by Gasteiger charge is -2.32. The van der Waals surface area contributed by atoms with Crippen molar-refractivity contribution in [3.63, 3.8) is 0 Å². The van der Waals surface area contributed by atoms with Crippen LogP contribution < -0.4 is 5.32 Å². The Hall–Kier alpha value is -2.09. The van der Waals surface area contributed by atoms with Crippen LogP contribution in [0.5, 0.6) is 0 Å². The lowest BCUT2D eigenvalue weighted by molar-refractivity contribution is -0.139. The van der Waals surface area contributed by atoms with Crippen LogP contribution in [0.1, 0.15) is 23.5 Å². The second kappa shape index (κ2) is 6.90. The van der Waals surface area contributed by atoms with Crippen molar-refractivity contribution in [1.82, 2.24) is 5.32 Å². The highest BCUT2D eigenvalue weighted by Gasteiger charge is 2.45. The SMILES string of the molecule is O=C(O)C1=CNC=C(P2(=O)OCCCO2)C1c1ccccc1C(F)(F)F. The molecule has 3 rings (SSSR count). The van der Waals surface area contributed by atoms with Crippen molar-refractivity contribution in [1.29, 1.82) is 0 Å². The molecule has 0 bridgehead atoms. The van der Waals surface area contributed by atoms with Crippen molar-refractivity contribution < 1.29 is 36.7 Å². The third kappa shape index (κ3) is 3.42. The maximum Gasteiger partial charge on any atom is 0.416 e. The molecule has 2 heterocycles. The van der Waals surface area contributed by atoms with Crippen LogP contribution >= 0.6 is 7.60 Å². The Morgan fingerprint density at radius 3 is 2.46 bits per heavy atom. The fourth-order valence-electron chi connectivity index (χ4n) is 2.91. The Morgan fingerprint density at radius 1 is 1.19 bits per heavy atom. The maximum absolute atomic E-state index is 13.5. The summed E-state index contributed by atoms with van der Waals surface area (Å²) >= 11 is 0. The number of rotatable bonds is 3. The van der Waals surface area contributed by atoms with Gasteiger partial charge in [0.25, 0.3) is 0 Å². The Labute approximate surface area is 146 Å². The van der Waals surface area contributed by atoms with Crippen molar-refractivity contribution in [3.05, 3.63) is 58.7 Å². The lowest BCUT2D eigenvalue weighted by Crippen LogP contribution is -2.25. The van der Waals surface area contributed by atoms with E-state index in [0.717, 1.165) is 12.3 Å². The zero-order chi connectivity index (χ0) is 18.9. The largest absolute Gasteiger partial charge is 0.478 e. The maximum atomic E-state index is 13.5. The predicted molar refractivity (Wildman–Crippen MR) is 85.3 cm³/mol. The smallest absolute Gasteiger partial charge is 0.416 e. The number of benzene rings is 1. The van der Waals surface area contributed by atoms with Crippen LogP contribution in [-0.2, 0) is 24.6 Å². The topological polar surface area (TPSA) is 84.9 Å². The van der Waals surface area contributed by atoms with Crippen molar-refractivity contribution in [2.45, 2.75) is 18.5 Å². The highest BCUT2D eigenvalue weighted by atomic mass is 31.2. The van der Waals surface area contributed by atoms with E-state index in [2.05, 4.69) is 5.32 Å². The average Bonchev–Trinajstić information content (AvgIpc) is 2.61. The van der Waals surface area contributed by atoms with E-state index in [-0.39, 0.29) is 29.7 Å². The summed E-state index contributed by atoms with van der Waals surface area (Å²) in [6, 6.07) is 4.59. The van der Waals surface area contributed by atoms with Gasteiger partial charge in [0.1, 0.15) is 0 Å². The second-order valence-corrected chi connectivity index (χ2v) is 7.70. The normalized spacial score (nSPS) is 22.8. The van der Waals surface area contributed by atoms with E-state index < -0.39 is 31.2 Å². The first kappa shape index (κ1) is 18.7. The van der Waals surface area contributed by atoms with Gasteiger partial charge < -0.3 is 19.5 Å². The predicted octanol–water partition coefficient (Wildman–Crippen LogP) is 3.83. The van der Waals surface area contributed by atoms with Crippen LogP contribution in [0.2, 0.25) is 0 Å². The zero-order valence-corrected chi connectivity index (χ0v) is 14.2. The summed E-state index contributed by atoms with van der Waals surface area (Å²) in [5, 5.41) is 11.8. The number of hydrogen-bond donors (Lipinski definition) is 2. The summed E-state index contributed by atoms with van der Waals surface area (Å²) < 4.78 is 63.9. The minimum atomic E-state index is -4.71. The molecule has 0 saturated carbocycles. The molecule has 10 heteroatoms. The number of aliphatic carboxylic acids is 1. The molecule has 0 aromatic heterocycles. The standard InChI is InChI=1S/C16H15F3NO5P/c17-16(18,19)12-5-2-1-4-10(12)14-11(15(21)22)8-20-9-13(14)26(23)24-6-3-7-25-26/h1-2,4-5,8-9,14,20H,3,6-7H2,(H,21,22). The minimum Gasteiger partial charge on any atom is -0.478 e.